The maximum atomic E-state index is 12.5. The number of aromatic carboxylic acids is 1. The highest BCUT2D eigenvalue weighted by molar-refractivity contribution is 7.91. The van der Waals surface area contributed by atoms with Gasteiger partial charge in [0, 0.05) is 26.2 Å². The summed E-state index contributed by atoms with van der Waals surface area (Å²) < 4.78 is 26.5. The lowest BCUT2D eigenvalue weighted by molar-refractivity contribution is 0.0702. The van der Waals surface area contributed by atoms with Crippen LogP contribution in [-0.4, -0.2) is 73.1 Å². The van der Waals surface area contributed by atoms with Crippen LogP contribution in [0.2, 0.25) is 0 Å². The molecule has 0 amide bonds. The summed E-state index contributed by atoms with van der Waals surface area (Å²) in [5, 5.41) is 17.8. The van der Waals surface area contributed by atoms with Gasteiger partial charge in [0.25, 0.3) is 10.0 Å². The Morgan fingerprint density at radius 3 is 2.62 bits per heavy atom. The predicted octanol–water partition coefficient (Wildman–Crippen LogP) is 0.135. The molecule has 7 nitrogen and oxygen atoms in total. The second-order valence-electron chi connectivity index (χ2n) is 4.75. The van der Waals surface area contributed by atoms with Crippen molar-refractivity contribution in [2.24, 2.45) is 0 Å². The number of β-amino-alcohol motifs (C(OH)–C–C–N with tert-alkyl or cyclic N) is 1. The molecule has 1 saturated heterocycles. The minimum Gasteiger partial charge on any atom is -0.477 e. The summed E-state index contributed by atoms with van der Waals surface area (Å²) in [5.74, 6) is -1.12. The fourth-order valence-corrected chi connectivity index (χ4v) is 5.02. The van der Waals surface area contributed by atoms with E-state index in [-0.39, 0.29) is 15.7 Å². The van der Waals surface area contributed by atoms with Gasteiger partial charge in [-0.1, -0.05) is 0 Å². The molecule has 0 unspecified atom stereocenters. The second-order valence-corrected chi connectivity index (χ2v) is 8.00. The molecule has 2 rings (SSSR count). The van der Waals surface area contributed by atoms with E-state index in [2.05, 4.69) is 0 Å². The summed E-state index contributed by atoms with van der Waals surface area (Å²) in [4.78, 5) is 12.9. The highest BCUT2D eigenvalue weighted by atomic mass is 32.2. The van der Waals surface area contributed by atoms with E-state index in [1.165, 1.54) is 16.4 Å². The van der Waals surface area contributed by atoms with E-state index in [4.69, 9.17) is 10.2 Å². The lowest BCUT2D eigenvalue weighted by atomic mass is 10.4. The molecule has 2 heterocycles. The normalized spacial score (nSPS) is 18.5. The molecular formula is C12H18N2O5S2. The van der Waals surface area contributed by atoms with Crippen molar-refractivity contribution in [3.63, 3.8) is 0 Å². The van der Waals surface area contributed by atoms with Crippen LogP contribution in [0.3, 0.4) is 0 Å². The fourth-order valence-electron chi connectivity index (χ4n) is 2.25. The molecule has 0 aromatic carbocycles. The Morgan fingerprint density at radius 2 is 2.00 bits per heavy atom. The summed E-state index contributed by atoms with van der Waals surface area (Å²) in [6.45, 7) is 2.66. The Morgan fingerprint density at radius 1 is 1.24 bits per heavy atom. The molecule has 1 aliphatic rings. The number of hydrogen-bond donors (Lipinski definition) is 2. The highest BCUT2D eigenvalue weighted by Gasteiger charge is 2.28. The van der Waals surface area contributed by atoms with Gasteiger partial charge in [-0.05, 0) is 25.1 Å². The summed E-state index contributed by atoms with van der Waals surface area (Å²) in [6, 6.07) is 2.66. The Kier molecular flexibility index (Phi) is 5.33. The van der Waals surface area contributed by atoms with Gasteiger partial charge in [-0.2, -0.15) is 4.31 Å². The average molecular weight is 334 g/mol. The fraction of sp³-hybridized carbons (Fsp3) is 0.583. The number of sulfonamides is 1. The summed E-state index contributed by atoms with van der Waals surface area (Å²) in [6.07, 6.45) is 0.691. The molecule has 1 aromatic heterocycles. The smallest absolute Gasteiger partial charge is 0.345 e. The number of rotatable bonds is 5. The number of carboxylic acid groups (broad SMARTS) is 1. The van der Waals surface area contributed by atoms with Gasteiger partial charge >= 0.3 is 5.97 Å². The summed E-state index contributed by atoms with van der Waals surface area (Å²) >= 11 is 0.777. The molecule has 0 saturated carbocycles. The Hall–Kier alpha value is -1.00. The van der Waals surface area contributed by atoms with Crippen LogP contribution in [0.1, 0.15) is 16.1 Å². The van der Waals surface area contributed by atoms with E-state index in [9.17, 15) is 13.2 Å². The standard InChI is InChI=1S/C12H18N2O5S2/c15-9-8-13-4-1-5-14(7-6-13)21(18,19)11-3-2-10(20-11)12(16)17/h2-3,15H,1,4-9H2,(H,16,17). The first-order valence-electron chi connectivity index (χ1n) is 6.61. The third-order valence-electron chi connectivity index (χ3n) is 3.35. The highest BCUT2D eigenvalue weighted by Crippen LogP contribution is 2.25. The minimum atomic E-state index is -3.64. The van der Waals surface area contributed by atoms with Gasteiger partial charge in [0.2, 0.25) is 0 Å². The molecule has 118 valence electrons. The van der Waals surface area contributed by atoms with Crippen LogP contribution >= 0.6 is 11.3 Å². The number of aliphatic hydroxyl groups excluding tert-OH is 1. The molecule has 2 N–H and O–H groups in total. The SMILES string of the molecule is O=C(O)c1ccc(S(=O)(=O)N2CCCN(CCO)CC2)s1. The van der Waals surface area contributed by atoms with Crippen molar-refractivity contribution in [2.45, 2.75) is 10.6 Å². The quantitative estimate of drug-likeness (QED) is 0.794. The molecule has 0 atom stereocenters. The first-order chi connectivity index (χ1) is 9.95. The first kappa shape index (κ1) is 16.4. The van der Waals surface area contributed by atoms with Crippen LogP contribution in [0, 0.1) is 0 Å². The molecule has 21 heavy (non-hydrogen) atoms. The zero-order chi connectivity index (χ0) is 15.5. The topological polar surface area (TPSA) is 98.1 Å². The van der Waals surface area contributed by atoms with Crippen LogP contribution in [0.15, 0.2) is 16.3 Å². The second kappa shape index (κ2) is 6.84. The number of hydrogen-bond acceptors (Lipinski definition) is 6. The first-order valence-corrected chi connectivity index (χ1v) is 8.87. The van der Waals surface area contributed by atoms with Gasteiger partial charge in [-0.15, -0.1) is 11.3 Å². The largest absolute Gasteiger partial charge is 0.477 e. The number of nitrogens with zero attached hydrogens (tertiary/aromatic N) is 2. The minimum absolute atomic E-state index is 0.0188. The third-order valence-corrected chi connectivity index (χ3v) is 6.79. The molecule has 9 heteroatoms. The molecular weight excluding hydrogens is 316 g/mol. The van der Waals surface area contributed by atoms with Gasteiger partial charge < -0.3 is 10.2 Å². The van der Waals surface area contributed by atoms with Gasteiger partial charge in [0.1, 0.15) is 9.09 Å². The van der Waals surface area contributed by atoms with Gasteiger partial charge in [-0.3, -0.25) is 4.90 Å². The van der Waals surface area contributed by atoms with Crippen molar-refractivity contribution in [3.8, 4) is 0 Å². The molecule has 0 bridgehead atoms. The van der Waals surface area contributed by atoms with E-state index >= 15 is 0 Å². The van der Waals surface area contributed by atoms with Crippen LogP contribution in [0.25, 0.3) is 0 Å². The molecule has 1 aromatic rings. The Bertz CT molecular complexity index is 599. The molecule has 0 radical (unpaired) electrons. The van der Waals surface area contributed by atoms with Crippen molar-refractivity contribution < 1.29 is 23.4 Å². The van der Waals surface area contributed by atoms with Crippen molar-refractivity contribution in [1.82, 2.24) is 9.21 Å². The number of thiophene rings is 1. The number of carbonyl (C=O) groups is 1. The molecule has 1 aliphatic heterocycles. The summed E-state index contributed by atoms with van der Waals surface area (Å²) in [7, 11) is -3.64. The van der Waals surface area contributed by atoms with Crippen LogP contribution in [-0.2, 0) is 10.0 Å². The van der Waals surface area contributed by atoms with E-state index < -0.39 is 16.0 Å². The number of carboxylic acids is 1. The Labute approximate surface area is 127 Å². The van der Waals surface area contributed by atoms with Crippen molar-refractivity contribution >= 4 is 27.3 Å². The molecule has 0 spiro atoms. The maximum Gasteiger partial charge on any atom is 0.345 e. The van der Waals surface area contributed by atoms with Crippen LogP contribution < -0.4 is 0 Å². The third kappa shape index (κ3) is 3.80. The van der Waals surface area contributed by atoms with Gasteiger partial charge in [-0.25, -0.2) is 13.2 Å². The monoisotopic (exact) mass is 334 g/mol. The van der Waals surface area contributed by atoms with E-state index in [0.29, 0.717) is 32.6 Å². The lowest BCUT2D eigenvalue weighted by Gasteiger charge is -2.20. The van der Waals surface area contributed by atoms with Crippen LogP contribution in [0.4, 0.5) is 0 Å². The molecule has 1 fully saturated rings. The zero-order valence-electron chi connectivity index (χ0n) is 11.4. The van der Waals surface area contributed by atoms with E-state index in [0.717, 1.165) is 17.9 Å². The maximum absolute atomic E-state index is 12.5. The van der Waals surface area contributed by atoms with E-state index in [1.807, 2.05) is 4.90 Å². The molecule has 0 aliphatic carbocycles. The van der Waals surface area contributed by atoms with Gasteiger partial charge in [0.15, 0.2) is 0 Å². The number of aliphatic hydroxyl groups is 1. The van der Waals surface area contributed by atoms with Crippen molar-refractivity contribution in [1.29, 1.82) is 0 Å². The van der Waals surface area contributed by atoms with Crippen molar-refractivity contribution in [2.75, 3.05) is 39.3 Å². The lowest BCUT2D eigenvalue weighted by Crippen LogP contribution is -2.35. The predicted molar refractivity (Wildman–Crippen MR) is 78.2 cm³/mol. The van der Waals surface area contributed by atoms with Crippen LogP contribution in [0.5, 0.6) is 0 Å². The van der Waals surface area contributed by atoms with Gasteiger partial charge in [0.05, 0.1) is 6.61 Å². The van der Waals surface area contributed by atoms with Crippen molar-refractivity contribution in [3.05, 3.63) is 17.0 Å². The summed E-state index contributed by atoms with van der Waals surface area (Å²) in [5.41, 5.74) is 0. The zero-order valence-corrected chi connectivity index (χ0v) is 13.1. The Balaban J connectivity index is 2.13. The average Bonchev–Trinajstić information content (AvgIpc) is 2.82. The van der Waals surface area contributed by atoms with E-state index in [1.54, 1.807) is 0 Å².